The quantitative estimate of drug-likeness (QED) is 0.843. The van der Waals surface area contributed by atoms with Gasteiger partial charge in [-0.05, 0) is 38.4 Å². The van der Waals surface area contributed by atoms with Crippen LogP contribution in [0.3, 0.4) is 0 Å². The predicted molar refractivity (Wildman–Crippen MR) is 65.0 cm³/mol. The van der Waals surface area contributed by atoms with Gasteiger partial charge in [-0.1, -0.05) is 0 Å². The van der Waals surface area contributed by atoms with Crippen LogP contribution in [0.4, 0.5) is 4.79 Å². The fourth-order valence-corrected chi connectivity index (χ4v) is 1.28. The molecule has 0 radical (unpaired) electrons. The molecule has 1 aromatic heterocycles. The summed E-state index contributed by atoms with van der Waals surface area (Å²) < 4.78 is 5.09. The molecule has 1 aromatic rings. The molecule has 0 aliphatic heterocycles. The Bertz CT molecular complexity index is 391. The van der Waals surface area contributed by atoms with Gasteiger partial charge in [0.05, 0.1) is 0 Å². The number of rotatable bonds is 3. The van der Waals surface area contributed by atoms with Crippen molar-refractivity contribution in [3.63, 3.8) is 0 Å². The number of hydrogen-bond acceptors (Lipinski definition) is 4. The second kappa shape index (κ2) is 5.82. The highest BCUT2D eigenvalue weighted by Crippen LogP contribution is 2.06. The summed E-state index contributed by atoms with van der Waals surface area (Å²) in [6.07, 6.45) is 1.73. The van der Waals surface area contributed by atoms with Crippen LogP contribution in [-0.2, 0) is 11.2 Å². The minimum Gasteiger partial charge on any atom is -0.444 e. The SMILES string of the molecule is CC(C)(C)OC(=O)NCCc1ccnc(Cl)n1. The summed E-state index contributed by atoms with van der Waals surface area (Å²) in [5, 5.41) is 2.85. The molecule has 0 aromatic carbocycles. The van der Waals surface area contributed by atoms with Crippen LogP contribution in [0.25, 0.3) is 0 Å². The Morgan fingerprint density at radius 3 is 2.82 bits per heavy atom. The van der Waals surface area contributed by atoms with Crippen molar-refractivity contribution in [3.8, 4) is 0 Å². The lowest BCUT2D eigenvalue weighted by Crippen LogP contribution is -2.33. The second-order valence-electron chi connectivity index (χ2n) is 4.50. The van der Waals surface area contributed by atoms with E-state index in [4.69, 9.17) is 16.3 Å². The molecule has 0 saturated heterocycles. The Hall–Kier alpha value is -1.36. The predicted octanol–water partition coefficient (Wildman–Crippen LogP) is 2.20. The summed E-state index contributed by atoms with van der Waals surface area (Å²) in [5.74, 6) is 0. The van der Waals surface area contributed by atoms with E-state index in [0.29, 0.717) is 13.0 Å². The standard InChI is InChI=1S/C11H16ClN3O2/c1-11(2,3)17-10(16)14-7-5-8-4-6-13-9(12)15-8/h4,6H,5,7H2,1-3H3,(H,14,16). The maximum absolute atomic E-state index is 11.3. The van der Waals surface area contributed by atoms with Gasteiger partial charge >= 0.3 is 6.09 Å². The van der Waals surface area contributed by atoms with E-state index in [1.165, 1.54) is 0 Å². The molecule has 5 nitrogen and oxygen atoms in total. The van der Waals surface area contributed by atoms with E-state index in [1.54, 1.807) is 12.3 Å². The van der Waals surface area contributed by atoms with Crippen molar-refractivity contribution < 1.29 is 9.53 Å². The van der Waals surface area contributed by atoms with E-state index >= 15 is 0 Å². The third kappa shape index (κ3) is 6.06. The fraction of sp³-hybridized carbons (Fsp3) is 0.545. The zero-order chi connectivity index (χ0) is 12.9. The van der Waals surface area contributed by atoms with Gasteiger partial charge in [0.25, 0.3) is 0 Å². The molecule has 0 bridgehead atoms. The lowest BCUT2D eigenvalue weighted by atomic mass is 10.2. The summed E-state index contributed by atoms with van der Waals surface area (Å²) >= 11 is 5.64. The summed E-state index contributed by atoms with van der Waals surface area (Å²) in [6.45, 7) is 5.90. The maximum Gasteiger partial charge on any atom is 0.407 e. The highest BCUT2D eigenvalue weighted by molar-refractivity contribution is 6.28. The van der Waals surface area contributed by atoms with Crippen LogP contribution in [0.2, 0.25) is 5.28 Å². The first-order chi connectivity index (χ1) is 7.87. The number of aromatic nitrogens is 2. The summed E-state index contributed by atoms with van der Waals surface area (Å²) in [5.41, 5.74) is 0.295. The van der Waals surface area contributed by atoms with Crippen LogP contribution in [0.15, 0.2) is 12.3 Å². The van der Waals surface area contributed by atoms with Crippen molar-refractivity contribution >= 4 is 17.7 Å². The van der Waals surface area contributed by atoms with E-state index in [0.717, 1.165) is 5.69 Å². The third-order valence-electron chi connectivity index (χ3n) is 1.73. The molecule has 17 heavy (non-hydrogen) atoms. The zero-order valence-corrected chi connectivity index (χ0v) is 10.9. The van der Waals surface area contributed by atoms with Crippen molar-refractivity contribution in [2.75, 3.05) is 6.54 Å². The van der Waals surface area contributed by atoms with Crippen LogP contribution in [-0.4, -0.2) is 28.2 Å². The molecule has 6 heteroatoms. The Morgan fingerprint density at radius 2 is 2.24 bits per heavy atom. The largest absolute Gasteiger partial charge is 0.444 e. The monoisotopic (exact) mass is 257 g/mol. The lowest BCUT2D eigenvalue weighted by molar-refractivity contribution is 0.0528. The van der Waals surface area contributed by atoms with Crippen molar-refractivity contribution in [1.29, 1.82) is 0 Å². The van der Waals surface area contributed by atoms with Crippen LogP contribution >= 0.6 is 11.6 Å². The Labute approximate surface area is 106 Å². The van der Waals surface area contributed by atoms with E-state index < -0.39 is 11.7 Å². The smallest absolute Gasteiger partial charge is 0.407 e. The second-order valence-corrected chi connectivity index (χ2v) is 4.83. The summed E-state index contributed by atoms with van der Waals surface area (Å²) in [7, 11) is 0. The van der Waals surface area contributed by atoms with Crippen molar-refractivity contribution in [1.82, 2.24) is 15.3 Å². The Kier molecular flexibility index (Phi) is 4.69. The van der Waals surface area contributed by atoms with Crippen molar-refractivity contribution in [2.24, 2.45) is 0 Å². The van der Waals surface area contributed by atoms with Crippen LogP contribution in [0.1, 0.15) is 26.5 Å². The topological polar surface area (TPSA) is 64.1 Å². The first-order valence-corrected chi connectivity index (χ1v) is 5.69. The zero-order valence-electron chi connectivity index (χ0n) is 10.2. The summed E-state index contributed by atoms with van der Waals surface area (Å²) in [6, 6.07) is 1.75. The number of alkyl carbamates (subject to hydrolysis) is 1. The number of ether oxygens (including phenoxy) is 1. The minimum atomic E-state index is -0.484. The molecule has 1 amide bonds. The van der Waals surface area contributed by atoms with Crippen LogP contribution < -0.4 is 5.32 Å². The highest BCUT2D eigenvalue weighted by Gasteiger charge is 2.15. The van der Waals surface area contributed by atoms with E-state index in [9.17, 15) is 4.79 Å². The van der Waals surface area contributed by atoms with E-state index in [2.05, 4.69) is 15.3 Å². The molecular formula is C11H16ClN3O2. The van der Waals surface area contributed by atoms with Crippen LogP contribution in [0.5, 0.6) is 0 Å². The van der Waals surface area contributed by atoms with Crippen molar-refractivity contribution in [2.45, 2.75) is 32.8 Å². The maximum atomic E-state index is 11.3. The fourth-order valence-electron chi connectivity index (χ4n) is 1.12. The molecule has 0 atom stereocenters. The van der Waals surface area contributed by atoms with Gasteiger partial charge in [-0.15, -0.1) is 0 Å². The first kappa shape index (κ1) is 13.7. The molecule has 1 rings (SSSR count). The lowest BCUT2D eigenvalue weighted by Gasteiger charge is -2.19. The molecule has 0 saturated carbocycles. The number of hydrogen-bond donors (Lipinski definition) is 1. The van der Waals surface area contributed by atoms with Gasteiger partial charge in [-0.3, -0.25) is 0 Å². The number of nitrogens with zero attached hydrogens (tertiary/aromatic N) is 2. The molecule has 0 unspecified atom stereocenters. The molecule has 1 heterocycles. The van der Waals surface area contributed by atoms with E-state index in [1.807, 2.05) is 20.8 Å². The number of halogens is 1. The molecular weight excluding hydrogens is 242 g/mol. The van der Waals surface area contributed by atoms with Gasteiger partial charge in [0.15, 0.2) is 0 Å². The number of carbonyl (C=O) groups excluding carboxylic acids is 1. The van der Waals surface area contributed by atoms with Gasteiger partial charge in [0, 0.05) is 24.9 Å². The summed E-state index contributed by atoms with van der Waals surface area (Å²) in [4.78, 5) is 19.1. The first-order valence-electron chi connectivity index (χ1n) is 5.31. The minimum absolute atomic E-state index is 0.208. The molecule has 1 N–H and O–H groups in total. The molecule has 0 aliphatic carbocycles. The normalized spacial score (nSPS) is 11.1. The average Bonchev–Trinajstić information content (AvgIpc) is 2.14. The van der Waals surface area contributed by atoms with Gasteiger partial charge < -0.3 is 10.1 Å². The number of nitrogens with one attached hydrogen (secondary N) is 1. The number of carbonyl (C=O) groups is 1. The van der Waals surface area contributed by atoms with Gasteiger partial charge in [-0.25, -0.2) is 14.8 Å². The van der Waals surface area contributed by atoms with Crippen molar-refractivity contribution in [3.05, 3.63) is 23.2 Å². The Morgan fingerprint density at radius 1 is 1.53 bits per heavy atom. The molecule has 0 fully saturated rings. The third-order valence-corrected chi connectivity index (χ3v) is 1.92. The van der Waals surface area contributed by atoms with E-state index in [-0.39, 0.29) is 5.28 Å². The average molecular weight is 258 g/mol. The Balaban J connectivity index is 2.31. The number of amides is 1. The molecule has 0 spiro atoms. The highest BCUT2D eigenvalue weighted by atomic mass is 35.5. The van der Waals surface area contributed by atoms with Gasteiger partial charge in [0.2, 0.25) is 5.28 Å². The molecule has 94 valence electrons. The van der Waals surface area contributed by atoms with Gasteiger partial charge in [0.1, 0.15) is 5.60 Å². The van der Waals surface area contributed by atoms with Gasteiger partial charge in [-0.2, -0.15) is 0 Å². The molecule has 0 aliphatic rings. The van der Waals surface area contributed by atoms with Crippen LogP contribution in [0, 0.1) is 0 Å².